The molecule has 0 bridgehead atoms. The summed E-state index contributed by atoms with van der Waals surface area (Å²) in [4.78, 5) is 41.8. The third-order valence-electron chi connectivity index (χ3n) is 6.10. The van der Waals surface area contributed by atoms with Gasteiger partial charge in [0, 0.05) is 37.8 Å². The van der Waals surface area contributed by atoms with Crippen LogP contribution in [0.1, 0.15) is 34.3 Å². The average molecular weight is 414 g/mol. The molecule has 2 amide bonds. The lowest BCUT2D eigenvalue weighted by Crippen LogP contribution is -2.67. The molecule has 2 aliphatic rings. The van der Waals surface area contributed by atoms with Crippen molar-refractivity contribution in [3.05, 3.63) is 71.5 Å². The summed E-state index contributed by atoms with van der Waals surface area (Å²) in [6, 6.07) is 14.4. The van der Waals surface area contributed by atoms with Gasteiger partial charge in [-0.25, -0.2) is 4.79 Å². The number of likely N-dealkylation sites (N-methyl/N-ethyl adjacent to an activating group) is 1. The molecular weight excluding hydrogens is 396 g/mol. The minimum absolute atomic E-state index is 0.126. The van der Waals surface area contributed by atoms with Gasteiger partial charge in [-0.3, -0.25) is 14.5 Å². The zero-order chi connectivity index (χ0) is 21.8. The molecule has 1 aromatic carbocycles. The van der Waals surface area contributed by atoms with Gasteiger partial charge in [-0.2, -0.15) is 5.26 Å². The lowest BCUT2D eigenvalue weighted by Gasteiger charge is -2.46. The molecular formula is C23H18N4O4. The third kappa shape index (κ3) is 2.50. The maximum absolute atomic E-state index is 13.4. The summed E-state index contributed by atoms with van der Waals surface area (Å²) < 4.78 is 7.42. The number of para-hydroxylation sites is 1. The number of pyridine rings is 1. The first kappa shape index (κ1) is 18.9. The highest BCUT2D eigenvalue weighted by Crippen LogP contribution is 2.44. The van der Waals surface area contributed by atoms with E-state index >= 15 is 0 Å². The topological polar surface area (TPSA) is 95.1 Å². The van der Waals surface area contributed by atoms with Crippen molar-refractivity contribution in [3.8, 4) is 6.07 Å². The van der Waals surface area contributed by atoms with E-state index in [2.05, 4.69) is 6.07 Å². The van der Waals surface area contributed by atoms with Crippen LogP contribution in [0.2, 0.25) is 0 Å². The molecule has 31 heavy (non-hydrogen) atoms. The maximum Gasteiger partial charge on any atom is 0.354 e. The van der Waals surface area contributed by atoms with Crippen molar-refractivity contribution in [2.45, 2.75) is 25.1 Å². The van der Waals surface area contributed by atoms with Crippen LogP contribution in [0.5, 0.6) is 0 Å². The molecule has 1 unspecified atom stereocenters. The first-order valence-corrected chi connectivity index (χ1v) is 9.85. The van der Waals surface area contributed by atoms with Gasteiger partial charge in [-0.1, -0.05) is 18.2 Å². The number of amides is 2. The standard InChI is InChI=1S/C23H18N4O4/c1-25-21(29)16-6-2-3-8-19(16)27-20(28)9-10-23(25,27)22(30)31-14-15-13-26-11-5-4-7-18(26)17(15)12-24/h2-8,11,13H,9-10,14H2,1H3. The van der Waals surface area contributed by atoms with Crippen LogP contribution in [0.4, 0.5) is 5.69 Å². The van der Waals surface area contributed by atoms with Crippen molar-refractivity contribution in [2.75, 3.05) is 11.9 Å². The number of fused-ring (bicyclic) bond motifs is 4. The largest absolute Gasteiger partial charge is 0.458 e. The number of rotatable bonds is 3. The molecule has 8 heteroatoms. The highest BCUT2D eigenvalue weighted by atomic mass is 16.5. The number of anilines is 1. The summed E-state index contributed by atoms with van der Waals surface area (Å²) in [7, 11) is 1.51. The summed E-state index contributed by atoms with van der Waals surface area (Å²) in [6.07, 6.45) is 3.81. The van der Waals surface area contributed by atoms with Gasteiger partial charge in [-0.05, 0) is 24.3 Å². The normalized spacial score (nSPS) is 19.9. The van der Waals surface area contributed by atoms with Crippen LogP contribution in [0.15, 0.2) is 54.9 Å². The maximum atomic E-state index is 13.4. The molecule has 0 spiro atoms. The third-order valence-corrected chi connectivity index (χ3v) is 6.10. The molecule has 154 valence electrons. The fraction of sp³-hybridized carbons (Fsp3) is 0.217. The molecule has 3 aromatic rings. The van der Waals surface area contributed by atoms with Crippen LogP contribution in [0.25, 0.3) is 5.52 Å². The number of benzene rings is 1. The number of aromatic nitrogens is 1. The van der Waals surface area contributed by atoms with Gasteiger partial charge in [0.1, 0.15) is 12.7 Å². The van der Waals surface area contributed by atoms with E-state index in [1.807, 2.05) is 24.4 Å². The second-order valence-corrected chi connectivity index (χ2v) is 7.64. The van der Waals surface area contributed by atoms with E-state index in [4.69, 9.17) is 4.74 Å². The highest BCUT2D eigenvalue weighted by Gasteiger charge is 2.60. The average Bonchev–Trinajstić information content (AvgIpc) is 3.34. The van der Waals surface area contributed by atoms with Crippen LogP contribution in [-0.2, 0) is 20.9 Å². The number of hydrogen-bond donors (Lipinski definition) is 0. The number of esters is 1. The van der Waals surface area contributed by atoms with Gasteiger partial charge in [0.25, 0.3) is 5.91 Å². The Morgan fingerprint density at radius 1 is 1.19 bits per heavy atom. The molecule has 1 saturated heterocycles. The SMILES string of the molecule is CN1C(=O)c2ccccc2N2C(=O)CCC12C(=O)OCc1cn2ccccc2c1C#N. The number of nitriles is 1. The molecule has 2 aromatic heterocycles. The van der Waals surface area contributed by atoms with Crippen molar-refractivity contribution in [1.29, 1.82) is 5.26 Å². The molecule has 2 aliphatic heterocycles. The summed E-state index contributed by atoms with van der Waals surface area (Å²) in [5.74, 6) is -1.27. The van der Waals surface area contributed by atoms with E-state index in [9.17, 15) is 19.6 Å². The Bertz CT molecular complexity index is 1300. The Labute approximate surface area is 177 Å². The Kier molecular flexibility index (Phi) is 4.08. The molecule has 4 heterocycles. The van der Waals surface area contributed by atoms with Crippen LogP contribution in [0, 0.1) is 11.3 Å². The summed E-state index contributed by atoms with van der Waals surface area (Å²) in [6.45, 7) is -0.142. The van der Waals surface area contributed by atoms with E-state index in [1.54, 1.807) is 34.9 Å². The smallest absolute Gasteiger partial charge is 0.354 e. The first-order valence-electron chi connectivity index (χ1n) is 9.85. The predicted octanol–water partition coefficient (Wildman–Crippen LogP) is 2.46. The zero-order valence-electron chi connectivity index (χ0n) is 16.7. The van der Waals surface area contributed by atoms with Gasteiger partial charge in [0.05, 0.1) is 22.3 Å². The van der Waals surface area contributed by atoms with Crippen LogP contribution in [-0.4, -0.2) is 39.8 Å². The lowest BCUT2D eigenvalue weighted by atomic mass is 9.97. The van der Waals surface area contributed by atoms with E-state index in [1.165, 1.54) is 16.8 Å². The fourth-order valence-electron chi connectivity index (χ4n) is 4.57. The predicted molar refractivity (Wildman–Crippen MR) is 110 cm³/mol. The van der Waals surface area contributed by atoms with E-state index in [-0.39, 0.29) is 31.3 Å². The monoisotopic (exact) mass is 414 g/mol. The molecule has 5 rings (SSSR count). The fourth-order valence-corrected chi connectivity index (χ4v) is 4.57. The molecule has 0 radical (unpaired) electrons. The molecule has 1 atom stereocenters. The Hall–Kier alpha value is -4.12. The summed E-state index contributed by atoms with van der Waals surface area (Å²) in [5.41, 5.74) is 0.939. The van der Waals surface area contributed by atoms with Gasteiger partial charge in [-0.15, -0.1) is 0 Å². The minimum Gasteiger partial charge on any atom is -0.458 e. The van der Waals surface area contributed by atoms with E-state index in [0.29, 0.717) is 27.9 Å². The van der Waals surface area contributed by atoms with Crippen molar-refractivity contribution in [1.82, 2.24) is 9.30 Å². The van der Waals surface area contributed by atoms with Crippen molar-refractivity contribution < 1.29 is 19.1 Å². The Morgan fingerprint density at radius 2 is 1.97 bits per heavy atom. The van der Waals surface area contributed by atoms with Crippen molar-refractivity contribution in [2.24, 2.45) is 0 Å². The van der Waals surface area contributed by atoms with Crippen molar-refractivity contribution >= 4 is 29.0 Å². The highest BCUT2D eigenvalue weighted by molar-refractivity contribution is 6.15. The molecule has 0 N–H and O–H groups in total. The van der Waals surface area contributed by atoms with Gasteiger partial charge in [0.2, 0.25) is 11.6 Å². The minimum atomic E-state index is -1.53. The molecule has 8 nitrogen and oxygen atoms in total. The second kappa shape index (κ2) is 6.71. The molecule has 0 saturated carbocycles. The molecule has 0 aliphatic carbocycles. The quantitative estimate of drug-likeness (QED) is 0.614. The van der Waals surface area contributed by atoms with Crippen molar-refractivity contribution in [3.63, 3.8) is 0 Å². The summed E-state index contributed by atoms with van der Waals surface area (Å²) in [5, 5.41) is 9.58. The second-order valence-electron chi connectivity index (χ2n) is 7.64. The lowest BCUT2D eigenvalue weighted by molar-refractivity contribution is -0.157. The van der Waals surface area contributed by atoms with Gasteiger partial charge in [0.15, 0.2) is 0 Å². The van der Waals surface area contributed by atoms with Crippen LogP contribution in [0.3, 0.4) is 0 Å². The van der Waals surface area contributed by atoms with Gasteiger partial charge >= 0.3 is 5.97 Å². The Balaban J connectivity index is 1.51. The van der Waals surface area contributed by atoms with E-state index in [0.717, 1.165) is 0 Å². The van der Waals surface area contributed by atoms with Gasteiger partial charge < -0.3 is 14.0 Å². The number of carbonyl (C=O) groups is 3. The number of hydrogen-bond acceptors (Lipinski definition) is 5. The van der Waals surface area contributed by atoms with Crippen LogP contribution >= 0.6 is 0 Å². The first-order chi connectivity index (χ1) is 15.0. The number of nitrogens with zero attached hydrogens (tertiary/aromatic N) is 4. The zero-order valence-corrected chi connectivity index (χ0v) is 16.7. The van der Waals surface area contributed by atoms with Crippen LogP contribution < -0.4 is 4.90 Å². The Morgan fingerprint density at radius 3 is 2.77 bits per heavy atom. The summed E-state index contributed by atoms with van der Waals surface area (Å²) >= 11 is 0. The van der Waals surface area contributed by atoms with E-state index < -0.39 is 11.6 Å². The number of carbonyl (C=O) groups excluding carboxylic acids is 3. The molecule has 1 fully saturated rings. The number of ether oxygens (including phenoxy) is 1.